The van der Waals surface area contributed by atoms with Crippen molar-refractivity contribution in [2.24, 2.45) is 0 Å². The van der Waals surface area contributed by atoms with Gasteiger partial charge in [0.05, 0.1) is 11.3 Å². The molecule has 2 aromatic carbocycles. The van der Waals surface area contributed by atoms with Crippen LogP contribution in [0.3, 0.4) is 0 Å². The minimum atomic E-state index is -0.416. The SMILES string of the molecule is CCNc1c(F)cccc1C(=O)N(C)c1cccc(C)c1. The number of anilines is 2. The summed E-state index contributed by atoms with van der Waals surface area (Å²) in [7, 11) is 1.69. The quantitative estimate of drug-likeness (QED) is 0.926. The number of benzene rings is 2. The van der Waals surface area contributed by atoms with Crippen LogP contribution in [-0.2, 0) is 0 Å². The van der Waals surface area contributed by atoms with Gasteiger partial charge in [0.1, 0.15) is 5.82 Å². The number of amides is 1. The van der Waals surface area contributed by atoms with E-state index in [1.54, 1.807) is 19.2 Å². The van der Waals surface area contributed by atoms with Gasteiger partial charge in [0.15, 0.2) is 0 Å². The predicted molar refractivity (Wildman–Crippen MR) is 84.5 cm³/mol. The number of rotatable bonds is 4. The van der Waals surface area contributed by atoms with Crippen molar-refractivity contribution in [3.8, 4) is 0 Å². The molecule has 0 saturated heterocycles. The minimum absolute atomic E-state index is 0.240. The zero-order valence-corrected chi connectivity index (χ0v) is 12.5. The van der Waals surface area contributed by atoms with Crippen LogP contribution in [0.5, 0.6) is 0 Å². The van der Waals surface area contributed by atoms with E-state index in [2.05, 4.69) is 5.32 Å². The number of para-hydroxylation sites is 1. The lowest BCUT2D eigenvalue weighted by Gasteiger charge is -2.20. The number of carbonyl (C=O) groups is 1. The Balaban J connectivity index is 2.38. The maximum absolute atomic E-state index is 13.9. The summed E-state index contributed by atoms with van der Waals surface area (Å²) in [5, 5.41) is 2.92. The second-order valence-electron chi connectivity index (χ2n) is 4.90. The Morgan fingerprint density at radius 1 is 1.24 bits per heavy atom. The topological polar surface area (TPSA) is 32.3 Å². The van der Waals surface area contributed by atoms with Crippen molar-refractivity contribution in [3.05, 3.63) is 59.4 Å². The first-order valence-corrected chi connectivity index (χ1v) is 6.91. The highest BCUT2D eigenvalue weighted by Crippen LogP contribution is 2.24. The van der Waals surface area contributed by atoms with Gasteiger partial charge in [0.2, 0.25) is 0 Å². The van der Waals surface area contributed by atoms with E-state index in [0.29, 0.717) is 12.1 Å². The van der Waals surface area contributed by atoms with E-state index in [0.717, 1.165) is 11.3 Å². The fourth-order valence-corrected chi connectivity index (χ4v) is 2.19. The Morgan fingerprint density at radius 2 is 1.95 bits per heavy atom. The zero-order valence-electron chi connectivity index (χ0n) is 12.5. The van der Waals surface area contributed by atoms with Gasteiger partial charge < -0.3 is 10.2 Å². The maximum Gasteiger partial charge on any atom is 0.260 e. The maximum atomic E-state index is 13.9. The normalized spacial score (nSPS) is 10.3. The second-order valence-corrected chi connectivity index (χ2v) is 4.90. The lowest BCUT2D eigenvalue weighted by molar-refractivity contribution is 0.0993. The van der Waals surface area contributed by atoms with Gasteiger partial charge in [-0.05, 0) is 43.7 Å². The molecule has 0 spiro atoms. The van der Waals surface area contributed by atoms with E-state index in [9.17, 15) is 9.18 Å². The van der Waals surface area contributed by atoms with E-state index >= 15 is 0 Å². The summed E-state index contributed by atoms with van der Waals surface area (Å²) in [5.41, 5.74) is 2.44. The minimum Gasteiger partial charge on any atom is -0.382 e. The Labute approximate surface area is 124 Å². The number of nitrogens with one attached hydrogen (secondary N) is 1. The van der Waals surface area contributed by atoms with Crippen molar-refractivity contribution in [3.63, 3.8) is 0 Å². The molecule has 0 aliphatic carbocycles. The van der Waals surface area contributed by atoms with Crippen molar-refractivity contribution >= 4 is 17.3 Å². The van der Waals surface area contributed by atoms with E-state index in [1.807, 2.05) is 38.1 Å². The zero-order chi connectivity index (χ0) is 15.4. The number of halogens is 1. The van der Waals surface area contributed by atoms with Crippen LogP contribution in [-0.4, -0.2) is 19.5 Å². The lowest BCUT2D eigenvalue weighted by atomic mass is 10.1. The summed E-state index contributed by atoms with van der Waals surface area (Å²) < 4.78 is 13.9. The van der Waals surface area contributed by atoms with Crippen LogP contribution in [0.2, 0.25) is 0 Å². The van der Waals surface area contributed by atoms with Gasteiger partial charge in [-0.25, -0.2) is 4.39 Å². The fourth-order valence-electron chi connectivity index (χ4n) is 2.19. The number of carbonyl (C=O) groups excluding carboxylic acids is 1. The molecule has 0 radical (unpaired) electrons. The first-order valence-electron chi connectivity index (χ1n) is 6.91. The summed E-state index contributed by atoms with van der Waals surface area (Å²) in [5.74, 6) is -0.656. The third kappa shape index (κ3) is 3.21. The van der Waals surface area contributed by atoms with Crippen molar-refractivity contribution in [1.82, 2.24) is 0 Å². The molecule has 1 amide bonds. The average molecular weight is 286 g/mol. The van der Waals surface area contributed by atoms with E-state index in [4.69, 9.17) is 0 Å². The number of nitrogens with zero attached hydrogens (tertiary/aromatic N) is 1. The summed E-state index contributed by atoms with van der Waals surface area (Å²) in [6.45, 7) is 4.38. The van der Waals surface area contributed by atoms with Gasteiger partial charge in [0.25, 0.3) is 5.91 Å². The van der Waals surface area contributed by atoms with Crippen molar-refractivity contribution in [2.75, 3.05) is 23.8 Å². The molecule has 2 rings (SSSR count). The molecule has 21 heavy (non-hydrogen) atoms. The summed E-state index contributed by atoms with van der Waals surface area (Å²) in [4.78, 5) is 14.2. The Morgan fingerprint density at radius 3 is 2.62 bits per heavy atom. The van der Waals surface area contributed by atoms with Crippen LogP contribution in [0.1, 0.15) is 22.8 Å². The van der Waals surface area contributed by atoms with Crippen molar-refractivity contribution in [1.29, 1.82) is 0 Å². The van der Waals surface area contributed by atoms with Gasteiger partial charge in [-0.1, -0.05) is 18.2 Å². The molecule has 0 aromatic heterocycles. The Hall–Kier alpha value is -2.36. The van der Waals surface area contributed by atoms with Crippen LogP contribution in [0.25, 0.3) is 0 Å². The largest absolute Gasteiger partial charge is 0.382 e. The first kappa shape index (κ1) is 15.0. The number of aryl methyl sites for hydroxylation is 1. The van der Waals surface area contributed by atoms with E-state index in [-0.39, 0.29) is 11.6 Å². The van der Waals surface area contributed by atoms with Crippen molar-refractivity contribution < 1.29 is 9.18 Å². The monoisotopic (exact) mass is 286 g/mol. The fraction of sp³-hybridized carbons (Fsp3) is 0.235. The highest BCUT2D eigenvalue weighted by Gasteiger charge is 2.19. The molecule has 0 aliphatic rings. The van der Waals surface area contributed by atoms with Crippen molar-refractivity contribution in [2.45, 2.75) is 13.8 Å². The number of hydrogen-bond acceptors (Lipinski definition) is 2. The highest BCUT2D eigenvalue weighted by atomic mass is 19.1. The molecule has 0 heterocycles. The molecule has 0 atom stereocenters. The molecule has 0 bridgehead atoms. The molecule has 110 valence electrons. The van der Waals surface area contributed by atoms with Crippen LogP contribution in [0.15, 0.2) is 42.5 Å². The van der Waals surface area contributed by atoms with Crippen LogP contribution in [0, 0.1) is 12.7 Å². The van der Waals surface area contributed by atoms with Gasteiger partial charge in [-0.15, -0.1) is 0 Å². The molecule has 4 heteroatoms. The Bertz CT molecular complexity index is 655. The molecular formula is C17H19FN2O. The van der Waals surface area contributed by atoms with E-state index in [1.165, 1.54) is 11.0 Å². The summed E-state index contributed by atoms with van der Waals surface area (Å²) >= 11 is 0. The summed E-state index contributed by atoms with van der Waals surface area (Å²) in [6, 6.07) is 12.2. The smallest absolute Gasteiger partial charge is 0.260 e. The second kappa shape index (κ2) is 6.39. The molecule has 0 saturated carbocycles. The summed E-state index contributed by atoms with van der Waals surface area (Å²) in [6.07, 6.45) is 0. The van der Waals surface area contributed by atoms with E-state index < -0.39 is 5.82 Å². The van der Waals surface area contributed by atoms with Crippen LogP contribution >= 0.6 is 0 Å². The molecule has 0 aliphatic heterocycles. The molecular weight excluding hydrogens is 267 g/mol. The van der Waals surface area contributed by atoms with Gasteiger partial charge >= 0.3 is 0 Å². The molecule has 1 N–H and O–H groups in total. The lowest BCUT2D eigenvalue weighted by Crippen LogP contribution is -2.27. The van der Waals surface area contributed by atoms with Crippen LogP contribution in [0.4, 0.5) is 15.8 Å². The predicted octanol–water partition coefficient (Wildman–Crippen LogP) is 3.84. The highest BCUT2D eigenvalue weighted by molar-refractivity contribution is 6.09. The molecule has 0 unspecified atom stereocenters. The third-order valence-electron chi connectivity index (χ3n) is 3.29. The first-order chi connectivity index (χ1) is 10.0. The standard InChI is InChI=1S/C17H19FN2O/c1-4-19-16-14(9-6-10-15(16)18)17(21)20(3)13-8-5-7-12(2)11-13/h5-11,19H,4H2,1-3H3. The Kier molecular flexibility index (Phi) is 4.58. The van der Waals surface area contributed by atoms with Gasteiger partial charge in [-0.2, -0.15) is 0 Å². The van der Waals surface area contributed by atoms with Gasteiger partial charge in [-0.3, -0.25) is 4.79 Å². The molecule has 3 nitrogen and oxygen atoms in total. The third-order valence-corrected chi connectivity index (χ3v) is 3.29. The molecule has 0 fully saturated rings. The van der Waals surface area contributed by atoms with Gasteiger partial charge in [0, 0.05) is 19.3 Å². The van der Waals surface area contributed by atoms with Crippen LogP contribution < -0.4 is 10.2 Å². The number of hydrogen-bond donors (Lipinski definition) is 1. The average Bonchev–Trinajstić information content (AvgIpc) is 2.48. The molecule has 2 aromatic rings.